The molecule has 0 aliphatic carbocycles. The van der Waals surface area contributed by atoms with Gasteiger partial charge in [-0.25, -0.2) is 21.6 Å². The summed E-state index contributed by atoms with van der Waals surface area (Å²) in [7, 11) is -7.15. The number of halogens is 2. The first-order valence-corrected chi connectivity index (χ1v) is 9.79. The molecule has 0 bridgehead atoms. The summed E-state index contributed by atoms with van der Waals surface area (Å²) < 4.78 is 50.1. The maximum Gasteiger partial charge on any atom is 0.242 e. The van der Waals surface area contributed by atoms with Gasteiger partial charge < -0.3 is 0 Å². The molecule has 9 heteroatoms. The van der Waals surface area contributed by atoms with E-state index in [9.17, 15) is 16.8 Å². The smallest absolute Gasteiger partial charge is 0.229 e. The summed E-state index contributed by atoms with van der Waals surface area (Å²) in [5.41, 5.74) is -1.02. The Morgan fingerprint density at radius 2 is 1.95 bits per heavy atom. The molecule has 0 amide bonds. The highest BCUT2D eigenvalue weighted by Crippen LogP contribution is 2.29. The molecule has 0 radical (unpaired) electrons. The summed E-state index contributed by atoms with van der Waals surface area (Å²) in [6, 6.07) is 4.09. The molecule has 1 aliphatic rings. The Labute approximate surface area is 128 Å². The van der Waals surface area contributed by atoms with Gasteiger partial charge in [-0.05, 0) is 31.5 Å². The average molecular weight is 358 g/mol. The second kappa shape index (κ2) is 5.14. The first-order chi connectivity index (χ1) is 9.03. The third-order valence-electron chi connectivity index (χ3n) is 3.07. The first kappa shape index (κ1) is 16.0. The minimum Gasteiger partial charge on any atom is -0.229 e. The highest BCUT2D eigenvalue weighted by molar-refractivity contribution is 7.92. The minimum atomic E-state index is -3.94. The number of hydrogen-bond donors (Lipinski definition) is 1. The van der Waals surface area contributed by atoms with E-state index >= 15 is 0 Å². The second-order valence-electron chi connectivity index (χ2n) is 5.08. The Hall–Kier alpha value is -0.340. The quantitative estimate of drug-likeness (QED) is 0.894. The summed E-state index contributed by atoms with van der Waals surface area (Å²) in [4.78, 5) is -0.155. The summed E-state index contributed by atoms with van der Waals surface area (Å²) in [5, 5.41) is 0.269. The van der Waals surface area contributed by atoms with E-state index < -0.39 is 25.4 Å². The molecular formula is C11H13Cl2NO4S2. The maximum atomic E-state index is 12.3. The van der Waals surface area contributed by atoms with Crippen molar-refractivity contribution in [2.45, 2.75) is 23.8 Å². The molecule has 112 valence electrons. The van der Waals surface area contributed by atoms with Crippen molar-refractivity contribution < 1.29 is 16.8 Å². The molecule has 1 saturated heterocycles. The molecule has 1 N–H and O–H groups in total. The van der Waals surface area contributed by atoms with Crippen LogP contribution in [0.5, 0.6) is 0 Å². The van der Waals surface area contributed by atoms with Crippen molar-refractivity contribution in [3.63, 3.8) is 0 Å². The topological polar surface area (TPSA) is 80.3 Å². The number of benzene rings is 1. The van der Waals surface area contributed by atoms with Crippen LogP contribution in [0.15, 0.2) is 23.1 Å². The van der Waals surface area contributed by atoms with E-state index in [1.165, 1.54) is 18.2 Å². The van der Waals surface area contributed by atoms with Crippen molar-refractivity contribution in [3.8, 4) is 0 Å². The molecule has 1 heterocycles. The fourth-order valence-electron chi connectivity index (χ4n) is 2.15. The van der Waals surface area contributed by atoms with Crippen LogP contribution in [0.2, 0.25) is 10.0 Å². The fourth-order valence-corrected chi connectivity index (χ4v) is 6.54. The van der Waals surface area contributed by atoms with Gasteiger partial charge in [-0.15, -0.1) is 0 Å². The van der Waals surface area contributed by atoms with Crippen molar-refractivity contribution in [2.24, 2.45) is 0 Å². The Kier molecular flexibility index (Phi) is 4.12. The molecule has 2 rings (SSSR count). The van der Waals surface area contributed by atoms with Gasteiger partial charge in [0.2, 0.25) is 10.0 Å². The van der Waals surface area contributed by atoms with E-state index in [1.807, 2.05) is 0 Å². The van der Waals surface area contributed by atoms with Crippen LogP contribution in [-0.4, -0.2) is 33.9 Å². The molecule has 1 aromatic carbocycles. The molecule has 5 nitrogen and oxygen atoms in total. The second-order valence-corrected chi connectivity index (χ2v) is 9.76. The first-order valence-electron chi connectivity index (χ1n) is 5.73. The van der Waals surface area contributed by atoms with Crippen molar-refractivity contribution in [1.29, 1.82) is 0 Å². The predicted molar refractivity (Wildman–Crippen MR) is 78.5 cm³/mol. The van der Waals surface area contributed by atoms with Gasteiger partial charge in [-0.2, -0.15) is 0 Å². The Morgan fingerprint density at radius 1 is 1.30 bits per heavy atom. The Morgan fingerprint density at radius 3 is 2.50 bits per heavy atom. The molecule has 1 atom stereocenters. The van der Waals surface area contributed by atoms with E-state index in [-0.39, 0.29) is 32.9 Å². The lowest BCUT2D eigenvalue weighted by molar-refractivity contribution is 0.462. The number of nitrogens with one attached hydrogen (secondary N) is 1. The lowest BCUT2D eigenvalue weighted by Crippen LogP contribution is -2.46. The lowest BCUT2D eigenvalue weighted by Gasteiger charge is -2.23. The minimum absolute atomic E-state index is 0.0324. The van der Waals surface area contributed by atoms with Gasteiger partial charge in [0.1, 0.15) is 4.90 Å². The van der Waals surface area contributed by atoms with Crippen molar-refractivity contribution in [1.82, 2.24) is 4.72 Å². The van der Waals surface area contributed by atoms with E-state index in [1.54, 1.807) is 6.92 Å². The molecule has 0 aromatic heterocycles. The summed E-state index contributed by atoms with van der Waals surface area (Å²) >= 11 is 11.6. The third-order valence-corrected chi connectivity index (χ3v) is 7.33. The number of sulfonamides is 1. The summed E-state index contributed by atoms with van der Waals surface area (Å²) in [5.74, 6) is -0.257. The van der Waals surface area contributed by atoms with E-state index in [0.717, 1.165) is 0 Å². The van der Waals surface area contributed by atoms with Gasteiger partial charge in [-0.1, -0.05) is 23.2 Å². The van der Waals surface area contributed by atoms with Gasteiger partial charge in [-0.3, -0.25) is 0 Å². The van der Waals surface area contributed by atoms with Gasteiger partial charge in [0.15, 0.2) is 9.84 Å². The highest BCUT2D eigenvalue weighted by atomic mass is 35.5. The fraction of sp³-hybridized carbons (Fsp3) is 0.455. The standard InChI is InChI=1S/C11H13Cl2NO4S2/c1-11(4-5-19(15,16)7-11)14-20(17,18)10-6-8(12)2-3-9(10)13/h2-3,6,14H,4-5,7H2,1H3. The molecule has 1 fully saturated rings. The van der Waals surface area contributed by atoms with Gasteiger partial charge in [0.05, 0.1) is 16.5 Å². The maximum absolute atomic E-state index is 12.3. The van der Waals surface area contributed by atoms with E-state index in [2.05, 4.69) is 4.72 Å². The van der Waals surface area contributed by atoms with Crippen LogP contribution in [0.3, 0.4) is 0 Å². The van der Waals surface area contributed by atoms with Crippen LogP contribution in [0.1, 0.15) is 13.3 Å². The molecule has 20 heavy (non-hydrogen) atoms. The normalized spacial score (nSPS) is 25.8. The van der Waals surface area contributed by atoms with E-state index in [0.29, 0.717) is 0 Å². The molecule has 0 spiro atoms. The monoisotopic (exact) mass is 357 g/mol. The van der Waals surface area contributed by atoms with E-state index in [4.69, 9.17) is 23.2 Å². The predicted octanol–water partition coefficient (Wildman–Crippen LogP) is 1.85. The van der Waals surface area contributed by atoms with Gasteiger partial charge in [0.25, 0.3) is 0 Å². The number of rotatable bonds is 3. The highest BCUT2D eigenvalue weighted by Gasteiger charge is 2.41. The van der Waals surface area contributed by atoms with Crippen LogP contribution in [0.25, 0.3) is 0 Å². The Balaban J connectivity index is 2.35. The van der Waals surface area contributed by atoms with Crippen LogP contribution < -0.4 is 4.72 Å². The van der Waals surface area contributed by atoms with Crippen molar-refractivity contribution in [2.75, 3.05) is 11.5 Å². The largest absolute Gasteiger partial charge is 0.242 e. The molecule has 0 saturated carbocycles. The third kappa shape index (κ3) is 3.46. The average Bonchev–Trinajstić information content (AvgIpc) is 2.55. The number of sulfone groups is 1. The van der Waals surface area contributed by atoms with Crippen LogP contribution in [0, 0.1) is 0 Å². The summed E-state index contributed by atoms with van der Waals surface area (Å²) in [6.07, 6.45) is 0.229. The SMILES string of the molecule is CC1(NS(=O)(=O)c2cc(Cl)ccc2Cl)CCS(=O)(=O)C1. The zero-order chi connectivity index (χ0) is 15.2. The number of hydrogen-bond acceptors (Lipinski definition) is 4. The van der Waals surface area contributed by atoms with Gasteiger partial charge in [0, 0.05) is 10.6 Å². The van der Waals surface area contributed by atoms with Crippen LogP contribution in [-0.2, 0) is 19.9 Å². The van der Waals surface area contributed by atoms with Crippen LogP contribution >= 0.6 is 23.2 Å². The zero-order valence-corrected chi connectivity index (χ0v) is 13.7. The molecular weight excluding hydrogens is 345 g/mol. The summed E-state index contributed by atoms with van der Waals surface area (Å²) in [6.45, 7) is 1.56. The lowest BCUT2D eigenvalue weighted by atomic mass is 10.0. The Bertz CT molecular complexity index is 746. The van der Waals surface area contributed by atoms with Crippen molar-refractivity contribution in [3.05, 3.63) is 28.2 Å². The molecule has 1 aliphatic heterocycles. The zero-order valence-electron chi connectivity index (χ0n) is 10.6. The van der Waals surface area contributed by atoms with Crippen molar-refractivity contribution >= 4 is 43.1 Å². The van der Waals surface area contributed by atoms with Crippen LogP contribution in [0.4, 0.5) is 0 Å². The molecule has 1 aromatic rings. The molecule has 1 unspecified atom stereocenters. The van der Waals surface area contributed by atoms with Gasteiger partial charge >= 0.3 is 0 Å².